The number of nitrogens with zero attached hydrogens (tertiary/aromatic N) is 4. The Hall–Kier alpha value is -1.61. The van der Waals surface area contributed by atoms with Gasteiger partial charge in [-0.15, -0.1) is 0 Å². The monoisotopic (exact) mass is 736 g/mol. The second kappa shape index (κ2) is 17.5. The van der Waals surface area contributed by atoms with Crippen molar-refractivity contribution in [1.82, 2.24) is 20.4 Å². The van der Waals surface area contributed by atoms with Crippen LogP contribution in [0.15, 0.2) is 36.4 Å². The summed E-state index contributed by atoms with van der Waals surface area (Å²) in [6.07, 6.45) is 11.7. The van der Waals surface area contributed by atoms with Crippen molar-refractivity contribution in [2.75, 3.05) is 75.2 Å². The lowest BCUT2D eigenvalue weighted by Crippen LogP contribution is -2.49. The minimum Gasteiger partial charge on any atom is -0.368 e. The fourth-order valence-electron chi connectivity index (χ4n) is 8.23. The topological polar surface area (TPSA) is 54.1 Å². The highest BCUT2D eigenvalue weighted by atomic mass is 35.5. The molecule has 7 nitrogen and oxygen atoms in total. The maximum Gasteiger partial charge on any atom is 0.315 e. The largest absolute Gasteiger partial charge is 0.368 e. The number of carbonyl (C=O) groups excluding carboxylic acids is 1. The molecule has 0 bridgehead atoms. The van der Waals surface area contributed by atoms with Crippen LogP contribution in [0.5, 0.6) is 0 Å². The molecule has 2 N–H and O–H groups in total. The number of carbonyl (C=O) groups is 1. The van der Waals surface area contributed by atoms with Crippen molar-refractivity contribution in [3.63, 3.8) is 0 Å². The van der Waals surface area contributed by atoms with Crippen molar-refractivity contribution in [2.24, 2.45) is 11.8 Å². The predicted molar refractivity (Wildman–Crippen MR) is 203 cm³/mol. The van der Waals surface area contributed by atoms with Crippen molar-refractivity contribution >= 4 is 63.8 Å². The van der Waals surface area contributed by atoms with E-state index < -0.39 is 0 Å². The van der Waals surface area contributed by atoms with Gasteiger partial charge < -0.3 is 20.4 Å². The van der Waals surface area contributed by atoms with Gasteiger partial charge in [-0.2, -0.15) is 0 Å². The third-order valence-electron chi connectivity index (χ3n) is 11.4. The molecule has 2 aromatic rings. The molecule has 0 unspecified atom stereocenters. The molecule has 2 aliphatic carbocycles. The Morgan fingerprint density at radius 2 is 0.938 bits per heavy atom. The Balaban J connectivity index is 0.800. The first-order valence-corrected chi connectivity index (χ1v) is 19.7. The molecule has 2 saturated heterocycles. The summed E-state index contributed by atoms with van der Waals surface area (Å²) in [5, 5.41) is 9.19. The van der Waals surface area contributed by atoms with Crippen LogP contribution in [0.4, 0.5) is 16.2 Å². The zero-order chi connectivity index (χ0) is 33.5. The van der Waals surface area contributed by atoms with Gasteiger partial charge in [-0.1, -0.05) is 58.5 Å². The van der Waals surface area contributed by atoms with Gasteiger partial charge in [0.15, 0.2) is 0 Å². The second-order valence-electron chi connectivity index (χ2n) is 14.4. The lowest BCUT2D eigenvalue weighted by molar-refractivity contribution is 0.196. The fraction of sp³-hybridized carbons (Fsp3) is 0.649. The Kier molecular flexibility index (Phi) is 13.2. The summed E-state index contributed by atoms with van der Waals surface area (Å²) in [6, 6.07) is 12.4. The lowest BCUT2D eigenvalue weighted by Gasteiger charge is -2.38. The van der Waals surface area contributed by atoms with Gasteiger partial charge in [-0.25, -0.2) is 4.79 Å². The molecule has 48 heavy (non-hydrogen) atoms. The summed E-state index contributed by atoms with van der Waals surface area (Å²) in [5.41, 5.74) is 2.09. The lowest BCUT2D eigenvalue weighted by atomic mass is 9.83. The fourth-order valence-corrected chi connectivity index (χ4v) is 9.06. The van der Waals surface area contributed by atoms with Crippen LogP contribution >= 0.6 is 46.4 Å². The van der Waals surface area contributed by atoms with E-state index in [4.69, 9.17) is 46.4 Å². The first kappa shape index (κ1) is 36.2. The van der Waals surface area contributed by atoms with E-state index in [1.807, 2.05) is 24.3 Å². The van der Waals surface area contributed by atoms with Crippen molar-refractivity contribution in [1.29, 1.82) is 0 Å². The smallest absolute Gasteiger partial charge is 0.315 e. The highest BCUT2D eigenvalue weighted by Gasteiger charge is 2.28. The Morgan fingerprint density at radius 3 is 1.31 bits per heavy atom. The molecule has 0 radical (unpaired) electrons. The van der Waals surface area contributed by atoms with E-state index >= 15 is 0 Å². The number of amides is 2. The van der Waals surface area contributed by atoms with Gasteiger partial charge in [0.2, 0.25) is 0 Å². The summed E-state index contributed by atoms with van der Waals surface area (Å²) in [6.45, 7) is 10.4. The quantitative estimate of drug-likeness (QED) is 0.257. The average Bonchev–Trinajstić information content (AvgIpc) is 3.11. The van der Waals surface area contributed by atoms with Gasteiger partial charge in [0.05, 0.1) is 31.5 Å². The molecule has 2 amide bonds. The van der Waals surface area contributed by atoms with Crippen molar-refractivity contribution in [3.8, 4) is 0 Å². The van der Waals surface area contributed by atoms with Crippen LogP contribution in [-0.2, 0) is 0 Å². The van der Waals surface area contributed by atoms with Crippen LogP contribution in [0, 0.1) is 11.8 Å². The van der Waals surface area contributed by atoms with Gasteiger partial charge >= 0.3 is 6.03 Å². The van der Waals surface area contributed by atoms with Gasteiger partial charge in [0.25, 0.3) is 0 Å². The summed E-state index contributed by atoms with van der Waals surface area (Å²) in [7, 11) is 0. The first-order chi connectivity index (χ1) is 23.3. The molecular weight excluding hydrogens is 686 g/mol. The third-order valence-corrected chi connectivity index (χ3v) is 13.0. The van der Waals surface area contributed by atoms with Gasteiger partial charge in [0.1, 0.15) is 0 Å². The maximum absolute atomic E-state index is 12.9. The van der Waals surface area contributed by atoms with Crippen molar-refractivity contribution < 1.29 is 4.79 Å². The van der Waals surface area contributed by atoms with Crippen molar-refractivity contribution in [3.05, 3.63) is 56.5 Å². The van der Waals surface area contributed by atoms with Gasteiger partial charge in [0, 0.05) is 64.4 Å². The number of anilines is 2. The molecule has 4 fully saturated rings. The molecule has 2 aromatic carbocycles. The van der Waals surface area contributed by atoms with E-state index in [-0.39, 0.29) is 6.03 Å². The zero-order valence-electron chi connectivity index (χ0n) is 28.1. The number of nitrogens with one attached hydrogen (secondary N) is 2. The maximum atomic E-state index is 12.9. The molecule has 2 aliphatic heterocycles. The van der Waals surface area contributed by atoms with Crippen LogP contribution in [0.3, 0.4) is 0 Å². The Morgan fingerprint density at radius 1 is 0.562 bits per heavy atom. The summed E-state index contributed by atoms with van der Waals surface area (Å²) in [5.74, 6) is 1.51. The summed E-state index contributed by atoms with van der Waals surface area (Å²) < 4.78 is 0. The average molecular weight is 739 g/mol. The summed E-state index contributed by atoms with van der Waals surface area (Å²) >= 11 is 25.4. The standard InChI is InChI=1S/C37H52Cl4N6O/c38-31-3-1-5-33(35(31)40)46-23-19-44(20-24-46)17-15-27-7-11-29(12-8-27)42-37(48)43-30-13-9-28(10-14-30)16-18-45-21-25-47(26-22-45)34-6-2-4-32(39)36(34)41/h1-6,27-30H,7-26H2,(H2,42,43,48). The molecule has 11 heteroatoms. The molecule has 4 aliphatic rings. The zero-order valence-corrected chi connectivity index (χ0v) is 31.1. The van der Waals surface area contributed by atoms with E-state index in [1.165, 1.54) is 38.5 Å². The molecule has 0 spiro atoms. The summed E-state index contributed by atoms with van der Waals surface area (Å²) in [4.78, 5) is 22.7. The number of piperazine rings is 2. The number of urea groups is 1. The molecule has 2 heterocycles. The SMILES string of the molecule is O=C(NC1CCC(CCN2CCN(c3cccc(Cl)c3Cl)CC2)CC1)NC1CCC(CCN2CCN(c3cccc(Cl)c3Cl)CC2)CC1. The van der Waals surface area contributed by atoms with E-state index in [1.54, 1.807) is 0 Å². The molecule has 264 valence electrons. The normalized spacial score (nSPS) is 26.0. The Labute approximate surface area is 307 Å². The highest BCUT2D eigenvalue weighted by molar-refractivity contribution is 6.44. The van der Waals surface area contributed by atoms with E-state index in [9.17, 15) is 4.79 Å². The highest BCUT2D eigenvalue weighted by Crippen LogP contribution is 2.35. The number of hydrogen-bond acceptors (Lipinski definition) is 5. The van der Waals surface area contributed by atoms with Crippen molar-refractivity contribution in [2.45, 2.75) is 76.3 Å². The Bertz CT molecular complexity index is 1230. The molecular formula is C37H52Cl4N6O. The van der Waals surface area contributed by atoms with Crippen LogP contribution in [0.25, 0.3) is 0 Å². The second-order valence-corrected chi connectivity index (χ2v) is 16.0. The number of halogens is 4. The van der Waals surface area contributed by atoms with Crippen LogP contribution in [-0.4, -0.2) is 93.4 Å². The number of hydrogen-bond donors (Lipinski definition) is 2. The predicted octanol–water partition coefficient (Wildman–Crippen LogP) is 8.44. The third kappa shape index (κ3) is 9.79. The molecule has 2 saturated carbocycles. The minimum atomic E-state index is 0.0391. The molecule has 0 atom stereocenters. The number of benzene rings is 2. The van der Waals surface area contributed by atoms with Crippen LogP contribution < -0.4 is 20.4 Å². The van der Waals surface area contributed by atoms with E-state index in [0.29, 0.717) is 32.2 Å². The molecule has 6 rings (SSSR count). The van der Waals surface area contributed by atoms with Gasteiger partial charge in [-0.3, -0.25) is 9.80 Å². The molecule has 0 aromatic heterocycles. The van der Waals surface area contributed by atoms with Crippen LogP contribution in [0.1, 0.15) is 64.2 Å². The minimum absolute atomic E-state index is 0.0391. The van der Waals surface area contributed by atoms with Crippen LogP contribution in [0.2, 0.25) is 20.1 Å². The van der Waals surface area contributed by atoms with E-state index in [0.717, 1.165) is 114 Å². The first-order valence-electron chi connectivity index (χ1n) is 18.2. The number of rotatable bonds is 10. The van der Waals surface area contributed by atoms with E-state index in [2.05, 4.69) is 42.4 Å². The van der Waals surface area contributed by atoms with Gasteiger partial charge in [-0.05, 0) is 113 Å².